The summed E-state index contributed by atoms with van der Waals surface area (Å²) in [7, 11) is -3.73. The van der Waals surface area contributed by atoms with Gasteiger partial charge >= 0.3 is 0 Å². The maximum absolute atomic E-state index is 11.3. The van der Waals surface area contributed by atoms with E-state index in [9.17, 15) is 8.42 Å². The maximum Gasteiger partial charge on any atom is 0.246 e. The average Bonchev–Trinajstić information content (AvgIpc) is 2.34. The number of hydrogen-bond donors (Lipinski definition) is 1. The van der Waals surface area contributed by atoms with Crippen molar-refractivity contribution in [3.05, 3.63) is 17.7 Å². The van der Waals surface area contributed by atoms with E-state index in [1.807, 2.05) is 0 Å². The van der Waals surface area contributed by atoms with E-state index >= 15 is 0 Å². The van der Waals surface area contributed by atoms with Gasteiger partial charge in [-0.3, -0.25) is 0 Å². The second kappa shape index (κ2) is 3.11. The second-order valence-corrected chi connectivity index (χ2v) is 5.74. The van der Waals surface area contributed by atoms with Crippen molar-refractivity contribution in [1.29, 1.82) is 0 Å². The van der Waals surface area contributed by atoms with Crippen molar-refractivity contribution in [2.24, 2.45) is 5.14 Å². The third kappa shape index (κ3) is 1.85. The average molecular weight is 243 g/mol. The highest BCUT2D eigenvalue weighted by Crippen LogP contribution is 2.41. The van der Waals surface area contributed by atoms with Crippen molar-refractivity contribution in [2.75, 3.05) is 0 Å². The van der Waals surface area contributed by atoms with Crippen LogP contribution in [0.3, 0.4) is 0 Å². The molecule has 0 fully saturated rings. The quantitative estimate of drug-likeness (QED) is 0.802. The van der Waals surface area contributed by atoms with Crippen LogP contribution in [0.15, 0.2) is 17.0 Å². The Morgan fingerprint density at radius 2 is 1.69 bits per heavy atom. The first-order valence-corrected chi connectivity index (χ1v) is 6.29. The molecule has 0 amide bonds. The molecule has 5 nitrogen and oxygen atoms in total. The minimum absolute atomic E-state index is 0.0625. The molecule has 0 unspecified atom stereocenters. The lowest BCUT2D eigenvalue weighted by molar-refractivity contribution is -0.0432. The molecule has 1 aliphatic rings. The largest absolute Gasteiger partial charge is 0.449 e. The van der Waals surface area contributed by atoms with Gasteiger partial charge in [0, 0.05) is 19.9 Å². The van der Waals surface area contributed by atoms with Crippen molar-refractivity contribution in [3.63, 3.8) is 0 Å². The molecule has 0 atom stereocenters. The number of sulfonamides is 1. The van der Waals surface area contributed by atoms with Crippen molar-refractivity contribution >= 4 is 10.0 Å². The lowest BCUT2D eigenvalue weighted by Crippen LogP contribution is -2.29. The maximum atomic E-state index is 11.3. The number of benzene rings is 1. The topological polar surface area (TPSA) is 78.6 Å². The van der Waals surface area contributed by atoms with Crippen LogP contribution in [0.25, 0.3) is 0 Å². The molecule has 0 saturated heterocycles. The fourth-order valence-corrected chi connectivity index (χ4v) is 2.44. The summed E-state index contributed by atoms with van der Waals surface area (Å²) in [6, 6.07) is 3.01. The van der Waals surface area contributed by atoms with Gasteiger partial charge in [-0.2, -0.15) is 0 Å². The van der Waals surface area contributed by atoms with Gasteiger partial charge in [-0.05, 0) is 18.6 Å². The van der Waals surface area contributed by atoms with E-state index in [1.54, 1.807) is 26.8 Å². The lowest BCUT2D eigenvalue weighted by Gasteiger charge is -2.16. The van der Waals surface area contributed by atoms with Gasteiger partial charge in [0.1, 0.15) is 0 Å². The standard InChI is InChI=1S/C10H13NO4S/c1-6-4-7-8(15-10(2,3)14-7)5-9(6)16(11,12)13/h4-5H,1-3H3,(H2,11,12,13). The summed E-state index contributed by atoms with van der Waals surface area (Å²) in [5.41, 5.74) is 0.544. The zero-order valence-electron chi connectivity index (χ0n) is 9.27. The summed E-state index contributed by atoms with van der Waals surface area (Å²) in [6.45, 7) is 5.16. The van der Waals surface area contributed by atoms with E-state index in [1.165, 1.54) is 6.07 Å². The van der Waals surface area contributed by atoms with Crippen molar-refractivity contribution < 1.29 is 17.9 Å². The summed E-state index contributed by atoms with van der Waals surface area (Å²) in [6.07, 6.45) is 0. The zero-order chi connectivity index (χ0) is 12.1. The highest BCUT2D eigenvalue weighted by Gasteiger charge is 2.33. The smallest absolute Gasteiger partial charge is 0.246 e. The third-order valence-electron chi connectivity index (χ3n) is 2.26. The molecule has 1 aromatic carbocycles. The summed E-state index contributed by atoms with van der Waals surface area (Å²) < 4.78 is 33.5. The van der Waals surface area contributed by atoms with E-state index in [4.69, 9.17) is 14.6 Å². The van der Waals surface area contributed by atoms with E-state index in [-0.39, 0.29) is 4.90 Å². The molecule has 0 saturated carbocycles. The van der Waals surface area contributed by atoms with Gasteiger partial charge in [0.05, 0.1) is 4.90 Å². The molecule has 0 radical (unpaired) electrons. The van der Waals surface area contributed by atoms with E-state index in [0.29, 0.717) is 17.1 Å². The normalized spacial score (nSPS) is 17.5. The number of rotatable bonds is 1. The molecule has 0 aliphatic carbocycles. The third-order valence-corrected chi connectivity index (χ3v) is 3.31. The number of nitrogens with two attached hydrogens (primary N) is 1. The minimum Gasteiger partial charge on any atom is -0.449 e. The van der Waals surface area contributed by atoms with Crippen molar-refractivity contribution in [3.8, 4) is 11.5 Å². The molecule has 1 aromatic rings. The number of fused-ring (bicyclic) bond motifs is 1. The SMILES string of the molecule is Cc1cc2c(cc1S(N)(=O)=O)OC(C)(C)O2. The molecule has 2 N–H and O–H groups in total. The zero-order valence-corrected chi connectivity index (χ0v) is 10.1. The number of hydrogen-bond acceptors (Lipinski definition) is 4. The molecular weight excluding hydrogens is 230 g/mol. The number of primary sulfonamides is 1. The Morgan fingerprint density at radius 3 is 2.19 bits per heavy atom. The molecule has 88 valence electrons. The first-order chi connectivity index (χ1) is 7.19. The van der Waals surface area contributed by atoms with Crippen LogP contribution in [0, 0.1) is 6.92 Å². The van der Waals surface area contributed by atoms with E-state index in [0.717, 1.165) is 0 Å². The van der Waals surface area contributed by atoms with Crippen LogP contribution < -0.4 is 14.6 Å². The van der Waals surface area contributed by atoms with Gasteiger partial charge in [-0.15, -0.1) is 0 Å². The van der Waals surface area contributed by atoms with Crippen molar-refractivity contribution in [2.45, 2.75) is 31.5 Å². The molecule has 0 spiro atoms. The first kappa shape index (κ1) is 11.2. The summed E-state index contributed by atoms with van der Waals surface area (Å²) in [5, 5.41) is 5.10. The van der Waals surface area contributed by atoms with Crippen molar-refractivity contribution in [1.82, 2.24) is 0 Å². The first-order valence-electron chi connectivity index (χ1n) is 4.74. The molecule has 16 heavy (non-hydrogen) atoms. The van der Waals surface area contributed by atoms with E-state index in [2.05, 4.69) is 0 Å². The van der Waals surface area contributed by atoms with Gasteiger partial charge in [-0.25, -0.2) is 13.6 Å². The van der Waals surface area contributed by atoms with Gasteiger partial charge in [0.25, 0.3) is 0 Å². The predicted octanol–water partition coefficient (Wildman–Crippen LogP) is 1.15. The lowest BCUT2D eigenvalue weighted by atomic mass is 10.2. The Morgan fingerprint density at radius 1 is 1.19 bits per heavy atom. The molecule has 1 aliphatic heterocycles. The van der Waals surface area contributed by atoms with Crippen LogP contribution in [-0.2, 0) is 10.0 Å². The van der Waals surface area contributed by atoms with Crippen LogP contribution >= 0.6 is 0 Å². The summed E-state index contributed by atoms with van der Waals surface area (Å²) in [4.78, 5) is 0.0625. The Hall–Kier alpha value is -1.27. The Labute approximate surface area is 94.2 Å². The van der Waals surface area contributed by atoms with Crippen LogP contribution in [-0.4, -0.2) is 14.2 Å². The summed E-state index contributed by atoms with van der Waals surface area (Å²) in [5.74, 6) is 0.167. The highest BCUT2D eigenvalue weighted by molar-refractivity contribution is 7.89. The minimum atomic E-state index is -3.73. The second-order valence-electron chi connectivity index (χ2n) is 4.21. The van der Waals surface area contributed by atoms with Gasteiger partial charge in [0.15, 0.2) is 11.5 Å². The number of ether oxygens (including phenoxy) is 2. The Kier molecular flexibility index (Phi) is 2.18. The van der Waals surface area contributed by atoms with E-state index < -0.39 is 15.8 Å². The predicted molar refractivity (Wildman–Crippen MR) is 57.9 cm³/mol. The van der Waals surface area contributed by atoms with Gasteiger partial charge < -0.3 is 9.47 Å². The highest BCUT2D eigenvalue weighted by atomic mass is 32.2. The molecular formula is C10H13NO4S. The molecule has 6 heteroatoms. The van der Waals surface area contributed by atoms with Crippen LogP contribution in [0.5, 0.6) is 11.5 Å². The fourth-order valence-electron chi connectivity index (χ4n) is 1.66. The number of aryl methyl sites for hydroxylation is 1. The fraction of sp³-hybridized carbons (Fsp3) is 0.400. The molecule has 2 rings (SSSR count). The Balaban J connectivity index is 2.58. The molecule has 0 bridgehead atoms. The van der Waals surface area contributed by atoms with Gasteiger partial charge in [0.2, 0.25) is 15.8 Å². The molecule has 1 heterocycles. The molecule has 0 aromatic heterocycles. The van der Waals surface area contributed by atoms with Gasteiger partial charge in [-0.1, -0.05) is 0 Å². The van der Waals surface area contributed by atoms with Crippen LogP contribution in [0.4, 0.5) is 0 Å². The Bertz CT molecular complexity index is 548. The monoisotopic (exact) mass is 243 g/mol. The van der Waals surface area contributed by atoms with Crippen LogP contribution in [0.2, 0.25) is 0 Å². The summed E-state index contributed by atoms with van der Waals surface area (Å²) >= 11 is 0. The van der Waals surface area contributed by atoms with Crippen LogP contribution in [0.1, 0.15) is 19.4 Å².